The molecule has 1 aliphatic rings. The van der Waals surface area contributed by atoms with Crippen LogP contribution in [0.5, 0.6) is 0 Å². The highest BCUT2D eigenvalue weighted by Crippen LogP contribution is 2.37. The summed E-state index contributed by atoms with van der Waals surface area (Å²) in [6.07, 6.45) is 4.88. The first-order valence-electron chi connectivity index (χ1n) is 3.52. The van der Waals surface area contributed by atoms with E-state index >= 15 is 0 Å². The van der Waals surface area contributed by atoms with E-state index in [1.807, 2.05) is 24.0 Å². The Balaban J connectivity index is 2.26. The zero-order valence-electron chi connectivity index (χ0n) is 5.99. The summed E-state index contributed by atoms with van der Waals surface area (Å²) >= 11 is 0. The summed E-state index contributed by atoms with van der Waals surface area (Å²) in [5.41, 5.74) is 5.67. The molecule has 0 spiro atoms. The lowest BCUT2D eigenvalue weighted by atomic mass is 10.4. The van der Waals surface area contributed by atoms with E-state index in [0.717, 1.165) is 12.2 Å². The van der Waals surface area contributed by atoms with Gasteiger partial charge < -0.3 is 10.3 Å². The lowest BCUT2D eigenvalue weighted by Crippen LogP contribution is -2.04. The predicted molar refractivity (Wildman–Crippen MR) is 38.5 cm³/mol. The van der Waals surface area contributed by atoms with Crippen LogP contribution in [0.25, 0.3) is 0 Å². The molecule has 0 aromatic carbocycles. The van der Waals surface area contributed by atoms with Crippen LogP contribution >= 0.6 is 0 Å². The number of imidazole rings is 1. The van der Waals surface area contributed by atoms with Crippen molar-refractivity contribution in [2.45, 2.75) is 18.4 Å². The third kappa shape index (κ3) is 0.743. The van der Waals surface area contributed by atoms with Crippen molar-refractivity contribution in [1.82, 2.24) is 9.55 Å². The zero-order valence-corrected chi connectivity index (χ0v) is 5.99. The lowest BCUT2D eigenvalue weighted by Gasteiger charge is -1.96. The second-order valence-electron chi connectivity index (χ2n) is 2.90. The van der Waals surface area contributed by atoms with E-state index in [2.05, 4.69) is 4.98 Å². The van der Waals surface area contributed by atoms with Crippen LogP contribution in [0.3, 0.4) is 0 Å². The maximum Gasteiger partial charge on any atom is 0.113 e. The molecule has 1 aliphatic carbocycles. The molecule has 10 heavy (non-hydrogen) atoms. The molecule has 0 bridgehead atoms. The molecule has 54 valence electrons. The van der Waals surface area contributed by atoms with Crippen LogP contribution in [0.1, 0.15) is 18.2 Å². The molecule has 2 N–H and O–H groups in total. The Labute approximate surface area is 59.9 Å². The average molecular weight is 137 g/mol. The highest BCUT2D eigenvalue weighted by Gasteiger charge is 2.37. The molecule has 1 saturated carbocycles. The Hall–Kier alpha value is -0.830. The van der Waals surface area contributed by atoms with Crippen molar-refractivity contribution in [3.8, 4) is 0 Å². The molecular weight excluding hydrogens is 126 g/mol. The van der Waals surface area contributed by atoms with Crippen molar-refractivity contribution in [2.24, 2.45) is 12.8 Å². The minimum Gasteiger partial charge on any atom is -0.338 e. The van der Waals surface area contributed by atoms with Crippen LogP contribution in [0, 0.1) is 0 Å². The van der Waals surface area contributed by atoms with Gasteiger partial charge in [0.15, 0.2) is 0 Å². The SMILES string of the molecule is Cn1ccnc1C1CC1N. The molecule has 1 heterocycles. The van der Waals surface area contributed by atoms with Gasteiger partial charge in [0.05, 0.1) is 0 Å². The zero-order chi connectivity index (χ0) is 7.14. The Morgan fingerprint density at radius 1 is 1.80 bits per heavy atom. The summed E-state index contributed by atoms with van der Waals surface area (Å²) in [4.78, 5) is 4.21. The number of aromatic nitrogens is 2. The van der Waals surface area contributed by atoms with Gasteiger partial charge in [-0.1, -0.05) is 0 Å². The smallest absolute Gasteiger partial charge is 0.113 e. The maximum absolute atomic E-state index is 5.67. The minimum atomic E-state index is 0.362. The summed E-state index contributed by atoms with van der Waals surface area (Å²) in [5.74, 6) is 1.66. The Bertz CT molecular complexity index is 241. The second kappa shape index (κ2) is 1.83. The third-order valence-electron chi connectivity index (χ3n) is 2.03. The number of rotatable bonds is 1. The lowest BCUT2D eigenvalue weighted by molar-refractivity contribution is 0.783. The minimum absolute atomic E-state index is 0.362. The number of nitrogens with two attached hydrogens (primary N) is 1. The van der Waals surface area contributed by atoms with Gasteiger partial charge in [0.25, 0.3) is 0 Å². The van der Waals surface area contributed by atoms with Gasteiger partial charge in [-0.05, 0) is 6.42 Å². The molecule has 1 aromatic rings. The molecule has 3 heteroatoms. The summed E-state index contributed by atoms with van der Waals surface area (Å²) in [5, 5.41) is 0. The van der Waals surface area contributed by atoms with Crippen LogP contribution in [0.4, 0.5) is 0 Å². The van der Waals surface area contributed by atoms with E-state index < -0.39 is 0 Å². The quantitative estimate of drug-likeness (QED) is 0.602. The number of hydrogen-bond acceptors (Lipinski definition) is 2. The summed E-state index contributed by atoms with van der Waals surface area (Å²) in [6.45, 7) is 0. The first-order valence-corrected chi connectivity index (χ1v) is 3.52. The molecule has 0 saturated heterocycles. The van der Waals surface area contributed by atoms with E-state index in [9.17, 15) is 0 Å². The van der Waals surface area contributed by atoms with E-state index in [-0.39, 0.29) is 0 Å². The van der Waals surface area contributed by atoms with Gasteiger partial charge in [0, 0.05) is 31.4 Å². The fourth-order valence-electron chi connectivity index (χ4n) is 1.25. The third-order valence-corrected chi connectivity index (χ3v) is 2.03. The van der Waals surface area contributed by atoms with E-state index in [0.29, 0.717) is 12.0 Å². The fraction of sp³-hybridized carbons (Fsp3) is 0.571. The predicted octanol–water partition coefficient (Wildman–Crippen LogP) is 0.235. The second-order valence-corrected chi connectivity index (χ2v) is 2.90. The maximum atomic E-state index is 5.67. The van der Waals surface area contributed by atoms with Gasteiger partial charge in [-0.2, -0.15) is 0 Å². The van der Waals surface area contributed by atoms with Crippen molar-refractivity contribution < 1.29 is 0 Å². The molecule has 2 atom stereocenters. The molecule has 2 rings (SSSR count). The van der Waals surface area contributed by atoms with Crippen molar-refractivity contribution in [3.63, 3.8) is 0 Å². The largest absolute Gasteiger partial charge is 0.338 e. The normalized spacial score (nSPS) is 30.6. The first kappa shape index (κ1) is 5.92. The number of aryl methyl sites for hydroxylation is 1. The van der Waals surface area contributed by atoms with Gasteiger partial charge in [0.1, 0.15) is 5.82 Å². The highest BCUT2D eigenvalue weighted by atomic mass is 15.1. The van der Waals surface area contributed by atoms with Gasteiger partial charge in [-0.15, -0.1) is 0 Å². The van der Waals surface area contributed by atoms with E-state index in [1.54, 1.807) is 0 Å². The van der Waals surface area contributed by atoms with Crippen molar-refractivity contribution >= 4 is 0 Å². The summed E-state index contributed by atoms with van der Waals surface area (Å²) < 4.78 is 2.04. The first-order chi connectivity index (χ1) is 4.79. The monoisotopic (exact) mass is 137 g/mol. The van der Waals surface area contributed by atoms with Gasteiger partial charge >= 0.3 is 0 Å². The molecule has 3 nitrogen and oxygen atoms in total. The summed E-state index contributed by atoms with van der Waals surface area (Å²) in [7, 11) is 2.01. The van der Waals surface area contributed by atoms with Crippen LogP contribution in [0.2, 0.25) is 0 Å². The van der Waals surface area contributed by atoms with Crippen LogP contribution < -0.4 is 5.73 Å². The molecule has 2 unspecified atom stereocenters. The molecular formula is C7H11N3. The molecule has 1 aromatic heterocycles. The van der Waals surface area contributed by atoms with Crippen molar-refractivity contribution in [1.29, 1.82) is 0 Å². The Morgan fingerprint density at radius 2 is 2.50 bits per heavy atom. The van der Waals surface area contributed by atoms with Crippen LogP contribution in [-0.2, 0) is 7.05 Å². The topological polar surface area (TPSA) is 43.8 Å². The van der Waals surface area contributed by atoms with Gasteiger partial charge in [-0.25, -0.2) is 4.98 Å². The molecule has 1 fully saturated rings. The molecule has 0 amide bonds. The van der Waals surface area contributed by atoms with E-state index in [4.69, 9.17) is 5.73 Å². The van der Waals surface area contributed by atoms with Gasteiger partial charge in [-0.3, -0.25) is 0 Å². The van der Waals surface area contributed by atoms with Gasteiger partial charge in [0.2, 0.25) is 0 Å². The fourth-order valence-corrected chi connectivity index (χ4v) is 1.25. The average Bonchev–Trinajstić information content (AvgIpc) is 2.42. The van der Waals surface area contributed by atoms with Crippen LogP contribution in [0.15, 0.2) is 12.4 Å². The number of nitrogens with zero attached hydrogens (tertiary/aromatic N) is 2. The van der Waals surface area contributed by atoms with Crippen LogP contribution in [-0.4, -0.2) is 15.6 Å². The Kier molecular flexibility index (Phi) is 1.08. The summed E-state index contributed by atoms with van der Waals surface area (Å²) in [6, 6.07) is 0.362. The van der Waals surface area contributed by atoms with E-state index in [1.165, 1.54) is 0 Å². The van der Waals surface area contributed by atoms with Crippen molar-refractivity contribution in [2.75, 3.05) is 0 Å². The van der Waals surface area contributed by atoms with Crippen molar-refractivity contribution in [3.05, 3.63) is 18.2 Å². The Morgan fingerprint density at radius 3 is 2.90 bits per heavy atom. The standard InChI is InChI=1S/C7H11N3/c1-10-3-2-9-7(10)5-4-6(5)8/h2-3,5-6H,4,8H2,1H3. The number of hydrogen-bond donors (Lipinski definition) is 1. The molecule has 0 radical (unpaired) electrons. The highest BCUT2D eigenvalue weighted by molar-refractivity contribution is 5.14. The molecule has 0 aliphatic heterocycles.